The molecule has 1 aliphatic heterocycles. The number of aliphatic hydroxyl groups excluding tert-OH is 1. The molecule has 0 aliphatic carbocycles. The Morgan fingerprint density at radius 2 is 2.24 bits per heavy atom. The van der Waals surface area contributed by atoms with Crippen molar-refractivity contribution in [3.05, 3.63) is 23.8 Å². The molecule has 0 aromatic carbocycles. The van der Waals surface area contributed by atoms with E-state index < -0.39 is 0 Å². The summed E-state index contributed by atoms with van der Waals surface area (Å²) >= 11 is 0. The van der Waals surface area contributed by atoms with Crippen molar-refractivity contribution in [2.75, 3.05) is 13.2 Å². The molecule has 1 aromatic rings. The third-order valence-electron chi connectivity index (χ3n) is 3.41. The van der Waals surface area contributed by atoms with Crippen molar-refractivity contribution in [3.63, 3.8) is 0 Å². The van der Waals surface area contributed by atoms with Crippen molar-refractivity contribution in [2.45, 2.75) is 45.2 Å². The zero-order chi connectivity index (χ0) is 12.1. The molecule has 0 amide bonds. The van der Waals surface area contributed by atoms with Crippen LogP contribution in [0.3, 0.4) is 0 Å². The summed E-state index contributed by atoms with van der Waals surface area (Å²) in [7, 11) is 0. The molecule has 1 aliphatic rings. The highest BCUT2D eigenvalue weighted by Gasteiger charge is 2.22. The van der Waals surface area contributed by atoms with Gasteiger partial charge in [-0.15, -0.1) is 0 Å². The van der Waals surface area contributed by atoms with Crippen LogP contribution < -0.4 is 0 Å². The predicted octanol–water partition coefficient (Wildman–Crippen LogP) is 1.52. The van der Waals surface area contributed by atoms with Gasteiger partial charge in [-0.05, 0) is 32.7 Å². The van der Waals surface area contributed by atoms with Gasteiger partial charge in [-0.1, -0.05) is 6.42 Å². The second kappa shape index (κ2) is 6.07. The molecule has 17 heavy (non-hydrogen) atoms. The first-order chi connectivity index (χ1) is 8.29. The fraction of sp³-hybridized carbons (Fsp3) is 0.692. The van der Waals surface area contributed by atoms with E-state index in [0.29, 0.717) is 6.04 Å². The van der Waals surface area contributed by atoms with Crippen molar-refractivity contribution in [2.24, 2.45) is 0 Å². The van der Waals surface area contributed by atoms with Gasteiger partial charge in [0.15, 0.2) is 0 Å². The summed E-state index contributed by atoms with van der Waals surface area (Å²) in [6, 6.07) is 0.511. The first kappa shape index (κ1) is 12.5. The van der Waals surface area contributed by atoms with E-state index in [1.54, 1.807) is 0 Å². The number of aromatic nitrogens is 2. The van der Waals surface area contributed by atoms with E-state index in [4.69, 9.17) is 5.11 Å². The summed E-state index contributed by atoms with van der Waals surface area (Å²) in [4.78, 5) is 11.1. The molecule has 0 spiro atoms. The highest BCUT2D eigenvalue weighted by Crippen LogP contribution is 2.20. The van der Waals surface area contributed by atoms with Crippen LogP contribution in [0.4, 0.5) is 0 Å². The van der Waals surface area contributed by atoms with Gasteiger partial charge in [-0.2, -0.15) is 0 Å². The van der Waals surface area contributed by atoms with Crippen LogP contribution in [0.25, 0.3) is 0 Å². The minimum absolute atomic E-state index is 0.279. The van der Waals surface area contributed by atoms with E-state index in [1.807, 2.05) is 19.3 Å². The lowest BCUT2D eigenvalue weighted by Gasteiger charge is -2.35. The number of rotatable bonds is 4. The van der Waals surface area contributed by atoms with E-state index in [1.165, 1.54) is 19.3 Å². The number of aryl methyl sites for hydroxylation is 1. The summed E-state index contributed by atoms with van der Waals surface area (Å²) in [5.74, 6) is 0. The molecular weight excluding hydrogens is 214 g/mol. The van der Waals surface area contributed by atoms with E-state index in [2.05, 4.69) is 14.9 Å². The Labute approximate surface area is 103 Å². The Balaban J connectivity index is 1.97. The fourth-order valence-electron chi connectivity index (χ4n) is 2.45. The zero-order valence-corrected chi connectivity index (χ0v) is 10.5. The smallest absolute Gasteiger partial charge is 0.0727 e. The van der Waals surface area contributed by atoms with Crippen LogP contribution in [0.5, 0.6) is 0 Å². The predicted molar refractivity (Wildman–Crippen MR) is 66.5 cm³/mol. The Morgan fingerprint density at radius 3 is 2.94 bits per heavy atom. The minimum Gasteiger partial charge on any atom is -0.396 e. The quantitative estimate of drug-likeness (QED) is 0.859. The van der Waals surface area contributed by atoms with E-state index in [0.717, 1.165) is 30.9 Å². The summed E-state index contributed by atoms with van der Waals surface area (Å²) in [5.41, 5.74) is 1.99. The molecule has 1 saturated heterocycles. The lowest BCUT2D eigenvalue weighted by Crippen LogP contribution is -2.39. The molecule has 0 radical (unpaired) electrons. The lowest BCUT2D eigenvalue weighted by molar-refractivity contribution is 0.111. The van der Waals surface area contributed by atoms with Gasteiger partial charge in [0.1, 0.15) is 0 Å². The number of hydrogen-bond acceptors (Lipinski definition) is 4. The SMILES string of the molecule is Cc1cnc(CN2CCCC[C@@H]2CCO)cn1. The molecule has 1 aromatic heterocycles. The van der Waals surface area contributed by atoms with Crippen LogP contribution in [-0.2, 0) is 6.54 Å². The number of likely N-dealkylation sites (tertiary alicyclic amines) is 1. The highest BCUT2D eigenvalue weighted by atomic mass is 16.3. The maximum atomic E-state index is 9.08. The molecule has 2 rings (SSSR count). The second-order valence-electron chi connectivity index (χ2n) is 4.78. The van der Waals surface area contributed by atoms with Crippen LogP contribution in [0, 0.1) is 6.92 Å². The van der Waals surface area contributed by atoms with Crippen molar-refractivity contribution >= 4 is 0 Å². The molecule has 1 fully saturated rings. The largest absolute Gasteiger partial charge is 0.396 e. The van der Waals surface area contributed by atoms with Gasteiger partial charge in [0, 0.05) is 31.6 Å². The zero-order valence-electron chi connectivity index (χ0n) is 10.5. The average molecular weight is 235 g/mol. The molecule has 0 saturated carbocycles. The van der Waals surface area contributed by atoms with Gasteiger partial charge in [-0.3, -0.25) is 14.9 Å². The Hall–Kier alpha value is -1.00. The maximum absolute atomic E-state index is 9.08. The summed E-state index contributed by atoms with van der Waals surface area (Å²) in [6.45, 7) is 4.20. The summed E-state index contributed by atoms with van der Waals surface area (Å²) < 4.78 is 0. The van der Waals surface area contributed by atoms with E-state index in [-0.39, 0.29) is 6.61 Å². The normalized spacial score (nSPS) is 21.6. The molecule has 4 heteroatoms. The molecule has 4 nitrogen and oxygen atoms in total. The van der Waals surface area contributed by atoms with Crippen LogP contribution in [-0.4, -0.2) is 39.2 Å². The van der Waals surface area contributed by atoms with E-state index in [9.17, 15) is 0 Å². The van der Waals surface area contributed by atoms with Crippen LogP contribution in [0.2, 0.25) is 0 Å². The molecule has 94 valence electrons. The number of piperidine rings is 1. The van der Waals surface area contributed by atoms with Gasteiger partial charge in [-0.25, -0.2) is 0 Å². The van der Waals surface area contributed by atoms with E-state index >= 15 is 0 Å². The standard InChI is InChI=1S/C13H21N3O/c1-11-8-15-12(9-14-11)10-16-6-3-2-4-13(16)5-7-17/h8-9,13,17H,2-7,10H2,1H3/t13-/m1/s1. The monoisotopic (exact) mass is 235 g/mol. The third kappa shape index (κ3) is 3.48. The van der Waals surface area contributed by atoms with Crippen LogP contribution >= 0.6 is 0 Å². The van der Waals surface area contributed by atoms with Crippen LogP contribution in [0.1, 0.15) is 37.1 Å². The first-order valence-electron chi connectivity index (χ1n) is 6.42. The number of aliphatic hydroxyl groups is 1. The molecular formula is C13H21N3O. The Morgan fingerprint density at radius 1 is 1.35 bits per heavy atom. The Kier molecular flexibility index (Phi) is 4.45. The topological polar surface area (TPSA) is 49.2 Å². The molecule has 0 bridgehead atoms. The second-order valence-corrected chi connectivity index (χ2v) is 4.78. The third-order valence-corrected chi connectivity index (χ3v) is 3.41. The first-order valence-corrected chi connectivity index (χ1v) is 6.42. The van der Waals surface area contributed by atoms with Crippen LogP contribution in [0.15, 0.2) is 12.4 Å². The molecule has 0 unspecified atom stereocenters. The van der Waals surface area contributed by atoms with Crippen molar-refractivity contribution in [1.82, 2.24) is 14.9 Å². The van der Waals surface area contributed by atoms with Crippen molar-refractivity contribution in [1.29, 1.82) is 0 Å². The average Bonchev–Trinajstić information content (AvgIpc) is 2.35. The molecule has 2 heterocycles. The van der Waals surface area contributed by atoms with Gasteiger partial charge in [0.25, 0.3) is 0 Å². The van der Waals surface area contributed by atoms with Gasteiger partial charge < -0.3 is 5.11 Å². The van der Waals surface area contributed by atoms with Gasteiger partial charge >= 0.3 is 0 Å². The number of hydrogen-bond donors (Lipinski definition) is 1. The van der Waals surface area contributed by atoms with Gasteiger partial charge in [0.05, 0.1) is 11.4 Å². The fourth-order valence-corrected chi connectivity index (χ4v) is 2.45. The minimum atomic E-state index is 0.279. The summed E-state index contributed by atoms with van der Waals surface area (Å²) in [6.07, 6.45) is 8.28. The Bertz CT molecular complexity index is 337. The lowest BCUT2D eigenvalue weighted by atomic mass is 9.99. The number of nitrogens with zero attached hydrogens (tertiary/aromatic N) is 3. The van der Waals surface area contributed by atoms with Crippen molar-refractivity contribution in [3.8, 4) is 0 Å². The highest BCUT2D eigenvalue weighted by molar-refractivity contribution is 5.01. The maximum Gasteiger partial charge on any atom is 0.0727 e. The summed E-state index contributed by atoms with van der Waals surface area (Å²) in [5, 5.41) is 9.08. The molecule has 1 N–H and O–H groups in total. The van der Waals surface area contributed by atoms with Crippen molar-refractivity contribution < 1.29 is 5.11 Å². The van der Waals surface area contributed by atoms with Gasteiger partial charge in [0.2, 0.25) is 0 Å². The molecule has 1 atom stereocenters.